The van der Waals surface area contributed by atoms with Gasteiger partial charge < -0.3 is 5.11 Å². The molecule has 0 fully saturated rings. The van der Waals surface area contributed by atoms with Crippen molar-refractivity contribution < 1.29 is 23.1 Å². The monoisotopic (exact) mass is 166 g/mol. The lowest BCUT2D eigenvalue weighted by Gasteiger charge is -1.93. The minimum absolute atomic E-state index is 1.24. The minimum Gasteiger partial charge on any atom is -0.475 e. The maximum atomic E-state index is 10.6. The van der Waals surface area contributed by atoms with Crippen LogP contribution in [0.15, 0.2) is 0 Å². The number of hydrogen-bond acceptors (Lipinski definition) is 3. The molecule has 0 unspecified atom stereocenters. The number of carboxylic acids is 1. The first kappa shape index (κ1) is 12.0. The van der Waals surface area contributed by atoms with E-state index in [1.54, 1.807) is 0 Å². The van der Waals surface area contributed by atoms with E-state index in [0.29, 0.717) is 0 Å². The van der Waals surface area contributed by atoms with E-state index in [2.05, 4.69) is 0 Å². The first-order chi connectivity index (χ1) is 4.86. The molecule has 0 aromatic carbocycles. The second kappa shape index (κ2) is 5.06. The van der Waals surface area contributed by atoms with Gasteiger partial charge in [-0.3, -0.25) is 0 Å². The molecule has 0 rings (SSSR count). The van der Waals surface area contributed by atoms with Gasteiger partial charge in [-0.2, -0.15) is 23.7 Å². The van der Waals surface area contributed by atoms with Crippen molar-refractivity contribution >= 4 is 5.97 Å². The Balaban J connectivity index is 0. The second-order valence-electron chi connectivity index (χ2n) is 1.03. The van der Waals surface area contributed by atoms with Gasteiger partial charge in [-0.25, -0.2) is 4.79 Å². The van der Waals surface area contributed by atoms with E-state index < -0.39 is 12.1 Å². The summed E-state index contributed by atoms with van der Waals surface area (Å²) in [7, 11) is 0. The smallest absolute Gasteiger partial charge is 0.475 e. The van der Waals surface area contributed by atoms with Gasteiger partial charge in [-0.1, -0.05) is 0 Å². The largest absolute Gasteiger partial charge is 0.490 e. The van der Waals surface area contributed by atoms with E-state index in [-0.39, 0.29) is 0 Å². The summed E-state index contributed by atoms with van der Waals surface area (Å²) in [6.07, 6.45) is -5.08. The molecule has 0 aliphatic heterocycles. The van der Waals surface area contributed by atoms with Crippen LogP contribution in [0.3, 0.4) is 0 Å². The highest BCUT2D eigenvalue weighted by Crippen LogP contribution is 2.13. The number of carbonyl (C=O) groups is 1. The molecule has 0 aliphatic carbocycles. The third-order valence-electron chi connectivity index (χ3n) is 0.293. The normalized spacial score (nSPS) is 8.09. The molecule has 0 amide bonds. The molecule has 60 valence electrons. The summed E-state index contributed by atoms with van der Waals surface area (Å²) >= 11 is 0. The third-order valence-corrected chi connectivity index (χ3v) is 0.293. The van der Waals surface area contributed by atoms with E-state index in [1.807, 2.05) is 0 Å². The van der Waals surface area contributed by atoms with Crippen LogP contribution in [0.4, 0.5) is 13.2 Å². The Labute approximate surface area is 59.1 Å². The average molecular weight is 166 g/mol. The first-order valence-corrected chi connectivity index (χ1v) is 1.94. The van der Waals surface area contributed by atoms with Crippen molar-refractivity contribution in [1.29, 1.82) is 10.5 Å². The lowest BCUT2D eigenvalue weighted by Crippen LogP contribution is -2.21. The summed E-state index contributed by atoms with van der Waals surface area (Å²) in [4.78, 5) is 8.90. The fraction of sp³-hybridized carbons (Fsp3) is 0.250. The maximum Gasteiger partial charge on any atom is 0.490 e. The molecule has 0 atom stereocenters. The predicted molar refractivity (Wildman–Crippen MR) is 24.9 cm³/mol. The summed E-state index contributed by atoms with van der Waals surface area (Å²) in [5.41, 5.74) is 0. The molecule has 0 aromatic rings. The van der Waals surface area contributed by atoms with Crippen LogP contribution in [0.5, 0.6) is 0 Å². The number of hydrogen-bond donors (Lipinski definition) is 1. The van der Waals surface area contributed by atoms with E-state index in [1.165, 1.54) is 12.1 Å². The molecule has 7 heteroatoms. The van der Waals surface area contributed by atoms with E-state index in [0.717, 1.165) is 0 Å². The van der Waals surface area contributed by atoms with Crippen molar-refractivity contribution in [3.63, 3.8) is 0 Å². The highest BCUT2D eigenvalue weighted by Gasteiger charge is 2.38. The molecule has 0 radical (unpaired) electrons. The van der Waals surface area contributed by atoms with Crippen LogP contribution in [-0.4, -0.2) is 17.3 Å². The summed E-state index contributed by atoms with van der Waals surface area (Å²) < 4.78 is 31.7. The zero-order chi connectivity index (χ0) is 9.49. The van der Waals surface area contributed by atoms with Crippen molar-refractivity contribution in [2.75, 3.05) is 0 Å². The molecule has 0 heterocycles. The Hall–Kier alpha value is -1.76. The van der Waals surface area contributed by atoms with Crippen LogP contribution in [-0.2, 0) is 4.79 Å². The summed E-state index contributed by atoms with van der Waals surface area (Å²) in [5.74, 6) is -2.76. The number of rotatable bonds is 0. The molecule has 0 spiro atoms. The van der Waals surface area contributed by atoms with Gasteiger partial charge in [0.1, 0.15) is 0 Å². The topological polar surface area (TPSA) is 84.9 Å². The molecule has 0 saturated heterocycles. The van der Waals surface area contributed by atoms with Crippen LogP contribution in [0.1, 0.15) is 0 Å². The number of halogens is 3. The highest BCUT2D eigenvalue weighted by atomic mass is 19.4. The molecular weight excluding hydrogens is 165 g/mol. The van der Waals surface area contributed by atoms with Gasteiger partial charge in [-0.05, 0) is 0 Å². The quantitative estimate of drug-likeness (QED) is 0.572. The fourth-order valence-corrected chi connectivity index (χ4v) is 0. The highest BCUT2D eigenvalue weighted by molar-refractivity contribution is 5.73. The van der Waals surface area contributed by atoms with Crippen molar-refractivity contribution in [1.82, 2.24) is 0 Å². The second-order valence-corrected chi connectivity index (χ2v) is 1.03. The first-order valence-electron chi connectivity index (χ1n) is 1.94. The van der Waals surface area contributed by atoms with Crippen LogP contribution in [0, 0.1) is 22.7 Å². The molecule has 0 aromatic heterocycles. The Morgan fingerprint density at radius 1 is 1.27 bits per heavy atom. The molecular formula is C4HF3N2O2. The van der Waals surface area contributed by atoms with Gasteiger partial charge in [-0.15, -0.1) is 0 Å². The SMILES string of the molecule is N#CC#N.O=C(O)C(F)(F)F. The molecule has 0 aliphatic rings. The number of alkyl halides is 3. The average Bonchev–Trinajstić information content (AvgIpc) is 1.87. The number of nitriles is 2. The summed E-state index contributed by atoms with van der Waals surface area (Å²) in [5, 5.41) is 21.7. The van der Waals surface area contributed by atoms with Gasteiger partial charge in [0.05, 0.1) is 0 Å². The van der Waals surface area contributed by atoms with Crippen LogP contribution < -0.4 is 0 Å². The molecule has 0 saturated carbocycles. The maximum absolute atomic E-state index is 10.6. The number of aliphatic carboxylic acids is 1. The Morgan fingerprint density at radius 2 is 1.45 bits per heavy atom. The molecule has 1 N–H and O–H groups in total. The molecule has 4 nitrogen and oxygen atoms in total. The number of nitrogens with zero attached hydrogens (tertiary/aromatic N) is 2. The van der Waals surface area contributed by atoms with Crippen molar-refractivity contribution in [3.05, 3.63) is 0 Å². The van der Waals surface area contributed by atoms with E-state index in [4.69, 9.17) is 20.4 Å². The van der Waals surface area contributed by atoms with Crippen molar-refractivity contribution in [2.45, 2.75) is 6.18 Å². The zero-order valence-electron chi connectivity index (χ0n) is 4.88. The lowest BCUT2D eigenvalue weighted by molar-refractivity contribution is -0.192. The molecule has 11 heavy (non-hydrogen) atoms. The van der Waals surface area contributed by atoms with Crippen molar-refractivity contribution in [2.24, 2.45) is 0 Å². The van der Waals surface area contributed by atoms with E-state index >= 15 is 0 Å². The van der Waals surface area contributed by atoms with Crippen molar-refractivity contribution in [3.8, 4) is 12.1 Å². The zero-order valence-corrected chi connectivity index (χ0v) is 4.88. The summed E-state index contributed by atoms with van der Waals surface area (Å²) in [6, 6.07) is 2.47. The minimum atomic E-state index is -5.08. The van der Waals surface area contributed by atoms with Gasteiger partial charge in [0.2, 0.25) is 0 Å². The lowest BCUT2D eigenvalue weighted by atomic mass is 10.7. The number of carboxylic acid groups (broad SMARTS) is 1. The molecule has 0 bridgehead atoms. The predicted octanol–water partition coefficient (Wildman–Crippen LogP) is 0.667. The Kier molecular flexibility index (Phi) is 5.50. The Morgan fingerprint density at radius 3 is 1.45 bits per heavy atom. The van der Waals surface area contributed by atoms with Gasteiger partial charge in [0.25, 0.3) is 0 Å². The van der Waals surface area contributed by atoms with Crippen LogP contribution >= 0.6 is 0 Å². The standard InChI is InChI=1S/C2HF3O2.C2N2/c3-2(4,5)1(6)7;3-1-2-4/h(H,6,7);. The van der Waals surface area contributed by atoms with Gasteiger partial charge in [0.15, 0.2) is 12.1 Å². The summed E-state index contributed by atoms with van der Waals surface area (Å²) in [6.45, 7) is 0. The van der Waals surface area contributed by atoms with Crippen LogP contribution in [0.2, 0.25) is 0 Å². The van der Waals surface area contributed by atoms with E-state index in [9.17, 15) is 13.2 Å². The Bertz CT molecular complexity index is 197. The fourth-order valence-electron chi connectivity index (χ4n) is 0. The van der Waals surface area contributed by atoms with Gasteiger partial charge in [0, 0.05) is 0 Å². The van der Waals surface area contributed by atoms with Gasteiger partial charge >= 0.3 is 12.1 Å². The van der Waals surface area contributed by atoms with Crippen LogP contribution in [0.25, 0.3) is 0 Å². The third kappa shape index (κ3) is 11.7.